The molecule has 2 nitrogen and oxygen atoms in total. The molecule has 0 aromatic heterocycles. The van der Waals surface area contributed by atoms with E-state index >= 15 is 0 Å². The first-order valence-corrected chi connectivity index (χ1v) is 5.13. The number of halogens is 3. The molecule has 0 spiro atoms. The molecule has 1 saturated heterocycles. The molecular formula is C10H15F3N2. The number of nitrogens with zero attached hydrogens (tertiary/aromatic N) is 2. The molecule has 15 heavy (non-hydrogen) atoms. The second-order valence-corrected chi connectivity index (χ2v) is 4.09. The second-order valence-electron chi connectivity index (χ2n) is 4.09. The molecule has 1 heterocycles. The van der Waals surface area contributed by atoms with Crippen LogP contribution < -0.4 is 0 Å². The third kappa shape index (κ3) is 3.38. The third-order valence-corrected chi connectivity index (χ3v) is 2.93. The van der Waals surface area contributed by atoms with Crippen molar-refractivity contribution in [2.24, 2.45) is 5.92 Å². The van der Waals surface area contributed by atoms with Crippen molar-refractivity contribution >= 4 is 0 Å². The normalized spacial score (nSPS) is 25.9. The lowest BCUT2D eigenvalue weighted by atomic mass is 9.96. The lowest BCUT2D eigenvalue weighted by molar-refractivity contribution is -0.188. The predicted octanol–water partition coefficient (Wildman–Crippen LogP) is 2.56. The molecular weight excluding hydrogens is 205 g/mol. The van der Waals surface area contributed by atoms with E-state index in [-0.39, 0.29) is 19.0 Å². The fourth-order valence-corrected chi connectivity index (χ4v) is 1.94. The molecule has 1 fully saturated rings. The summed E-state index contributed by atoms with van der Waals surface area (Å²) in [6.07, 6.45) is -3.01. The van der Waals surface area contributed by atoms with Gasteiger partial charge in [0.05, 0.1) is 18.4 Å². The minimum atomic E-state index is -4.09. The number of rotatable bonds is 2. The van der Waals surface area contributed by atoms with Crippen LogP contribution in [0.2, 0.25) is 0 Å². The van der Waals surface area contributed by atoms with Crippen molar-refractivity contribution in [3.05, 3.63) is 0 Å². The highest BCUT2D eigenvalue weighted by molar-refractivity contribution is 4.85. The van der Waals surface area contributed by atoms with Gasteiger partial charge in [-0.05, 0) is 26.3 Å². The smallest absolute Gasteiger partial charge is 0.299 e. The Bertz CT molecular complexity index is 244. The largest absolute Gasteiger partial charge is 0.393 e. The molecule has 0 amide bonds. The van der Waals surface area contributed by atoms with Gasteiger partial charge in [0.2, 0.25) is 0 Å². The van der Waals surface area contributed by atoms with Gasteiger partial charge in [0.1, 0.15) is 0 Å². The molecule has 1 aliphatic heterocycles. The lowest BCUT2D eigenvalue weighted by Crippen LogP contribution is -2.45. The van der Waals surface area contributed by atoms with Crippen LogP contribution in [0.5, 0.6) is 0 Å². The van der Waals surface area contributed by atoms with Gasteiger partial charge < -0.3 is 0 Å². The standard InChI is InChI=1S/C10H15F3N2/c1-8(4-5-14)15-6-2-3-9(7-15)10(11,12)13/h8-9H,2-4,6-7H2,1H3. The van der Waals surface area contributed by atoms with Crippen LogP contribution >= 0.6 is 0 Å². The topological polar surface area (TPSA) is 27.0 Å². The van der Waals surface area contributed by atoms with Crippen LogP contribution in [-0.2, 0) is 0 Å². The highest BCUT2D eigenvalue weighted by atomic mass is 19.4. The summed E-state index contributed by atoms with van der Waals surface area (Å²) in [6, 6.07) is 1.93. The zero-order valence-electron chi connectivity index (χ0n) is 8.72. The zero-order valence-corrected chi connectivity index (χ0v) is 8.72. The summed E-state index contributed by atoms with van der Waals surface area (Å²) in [5, 5.41) is 8.49. The maximum Gasteiger partial charge on any atom is 0.393 e. The van der Waals surface area contributed by atoms with Crippen LogP contribution in [0.1, 0.15) is 26.2 Å². The average molecular weight is 220 g/mol. The average Bonchev–Trinajstić information content (AvgIpc) is 2.17. The Morgan fingerprint density at radius 1 is 1.53 bits per heavy atom. The van der Waals surface area contributed by atoms with Gasteiger partial charge >= 0.3 is 6.18 Å². The van der Waals surface area contributed by atoms with Gasteiger partial charge in [-0.25, -0.2) is 0 Å². The van der Waals surface area contributed by atoms with E-state index in [1.165, 1.54) is 0 Å². The van der Waals surface area contributed by atoms with Crippen molar-refractivity contribution in [1.82, 2.24) is 4.90 Å². The first-order chi connectivity index (χ1) is 6.95. The summed E-state index contributed by atoms with van der Waals surface area (Å²) in [5.74, 6) is -1.22. The van der Waals surface area contributed by atoms with E-state index in [0.29, 0.717) is 19.4 Å². The molecule has 1 rings (SSSR count). The molecule has 2 unspecified atom stereocenters. The third-order valence-electron chi connectivity index (χ3n) is 2.93. The van der Waals surface area contributed by atoms with Gasteiger partial charge in [-0.3, -0.25) is 4.90 Å². The van der Waals surface area contributed by atoms with E-state index in [0.717, 1.165) is 0 Å². The number of hydrogen-bond donors (Lipinski definition) is 0. The van der Waals surface area contributed by atoms with Gasteiger partial charge in [0, 0.05) is 12.6 Å². The number of nitriles is 1. The summed E-state index contributed by atoms with van der Waals surface area (Å²) in [6.45, 7) is 2.53. The fourth-order valence-electron chi connectivity index (χ4n) is 1.94. The Morgan fingerprint density at radius 2 is 2.20 bits per heavy atom. The van der Waals surface area contributed by atoms with Gasteiger partial charge in [0.25, 0.3) is 0 Å². The summed E-state index contributed by atoms with van der Waals surface area (Å²) < 4.78 is 37.4. The number of likely N-dealkylation sites (tertiary alicyclic amines) is 1. The molecule has 0 aromatic rings. The number of alkyl halides is 3. The van der Waals surface area contributed by atoms with E-state index < -0.39 is 12.1 Å². The number of hydrogen-bond acceptors (Lipinski definition) is 2. The minimum Gasteiger partial charge on any atom is -0.299 e. The molecule has 0 N–H and O–H groups in total. The van der Waals surface area contributed by atoms with Crippen LogP contribution in [0.3, 0.4) is 0 Å². The van der Waals surface area contributed by atoms with Crippen LogP contribution in [0.15, 0.2) is 0 Å². The van der Waals surface area contributed by atoms with Crippen molar-refractivity contribution in [2.45, 2.75) is 38.4 Å². The van der Waals surface area contributed by atoms with Crippen LogP contribution in [0.25, 0.3) is 0 Å². The van der Waals surface area contributed by atoms with Gasteiger partial charge in [-0.2, -0.15) is 18.4 Å². The lowest BCUT2D eigenvalue weighted by Gasteiger charge is -2.36. The summed E-state index contributed by atoms with van der Waals surface area (Å²) in [5.41, 5.74) is 0. The molecule has 5 heteroatoms. The molecule has 0 radical (unpaired) electrons. The monoisotopic (exact) mass is 220 g/mol. The van der Waals surface area contributed by atoms with Gasteiger partial charge in [-0.15, -0.1) is 0 Å². The predicted molar refractivity (Wildman–Crippen MR) is 50.0 cm³/mol. The van der Waals surface area contributed by atoms with E-state index in [1.54, 1.807) is 4.90 Å². The van der Waals surface area contributed by atoms with Crippen molar-refractivity contribution in [3.8, 4) is 6.07 Å². The Morgan fingerprint density at radius 3 is 2.73 bits per heavy atom. The number of piperidine rings is 1. The van der Waals surface area contributed by atoms with E-state index in [1.807, 2.05) is 13.0 Å². The van der Waals surface area contributed by atoms with Gasteiger partial charge in [-0.1, -0.05) is 0 Å². The fraction of sp³-hybridized carbons (Fsp3) is 0.900. The highest BCUT2D eigenvalue weighted by Gasteiger charge is 2.42. The molecule has 2 atom stereocenters. The molecule has 0 aliphatic carbocycles. The van der Waals surface area contributed by atoms with Gasteiger partial charge in [0.15, 0.2) is 0 Å². The van der Waals surface area contributed by atoms with E-state index in [2.05, 4.69) is 0 Å². The maximum absolute atomic E-state index is 12.5. The molecule has 86 valence electrons. The van der Waals surface area contributed by atoms with Crippen molar-refractivity contribution < 1.29 is 13.2 Å². The SMILES string of the molecule is CC(CC#N)N1CCCC(C(F)(F)F)C1. The van der Waals surface area contributed by atoms with E-state index in [4.69, 9.17) is 5.26 Å². The first kappa shape index (κ1) is 12.3. The second kappa shape index (κ2) is 4.84. The van der Waals surface area contributed by atoms with E-state index in [9.17, 15) is 13.2 Å². The van der Waals surface area contributed by atoms with Crippen molar-refractivity contribution in [1.29, 1.82) is 5.26 Å². The zero-order chi connectivity index (χ0) is 11.5. The Balaban J connectivity index is 2.53. The first-order valence-electron chi connectivity index (χ1n) is 5.13. The van der Waals surface area contributed by atoms with Crippen LogP contribution in [0.4, 0.5) is 13.2 Å². The summed E-state index contributed by atoms with van der Waals surface area (Å²) >= 11 is 0. The van der Waals surface area contributed by atoms with Crippen molar-refractivity contribution in [2.75, 3.05) is 13.1 Å². The molecule has 0 bridgehead atoms. The van der Waals surface area contributed by atoms with Crippen LogP contribution in [-0.4, -0.2) is 30.2 Å². The minimum absolute atomic E-state index is 0.0480. The Kier molecular flexibility index (Phi) is 3.97. The van der Waals surface area contributed by atoms with Crippen LogP contribution in [0, 0.1) is 17.2 Å². The highest BCUT2D eigenvalue weighted by Crippen LogP contribution is 2.33. The molecule has 0 aromatic carbocycles. The molecule has 1 aliphatic rings. The van der Waals surface area contributed by atoms with Crippen molar-refractivity contribution in [3.63, 3.8) is 0 Å². The Labute approximate surface area is 87.7 Å². The Hall–Kier alpha value is -0.760. The quantitative estimate of drug-likeness (QED) is 0.715. The molecule has 0 saturated carbocycles. The maximum atomic E-state index is 12.5. The summed E-state index contributed by atoms with van der Waals surface area (Å²) in [4.78, 5) is 1.77. The summed E-state index contributed by atoms with van der Waals surface area (Å²) in [7, 11) is 0.